The third-order valence-corrected chi connectivity index (χ3v) is 4.26. The molecule has 0 fully saturated rings. The molecule has 5 heteroatoms. The van der Waals surface area contributed by atoms with E-state index < -0.39 is 0 Å². The molecular weight excluding hydrogens is 298 g/mol. The van der Waals surface area contributed by atoms with E-state index in [2.05, 4.69) is 22.4 Å². The highest BCUT2D eigenvalue weighted by Crippen LogP contribution is 2.22. The van der Waals surface area contributed by atoms with Crippen LogP contribution in [0.2, 0.25) is 5.02 Å². The van der Waals surface area contributed by atoms with Crippen LogP contribution in [0.4, 0.5) is 0 Å². The number of halogens is 1. The van der Waals surface area contributed by atoms with Gasteiger partial charge in [0.1, 0.15) is 11.3 Å². The SMILES string of the molecule is O=C(NC1Cc2ccccc2C1)c1cn2cc(Cl)ccc2n1. The highest BCUT2D eigenvalue weighted by Gasteiger charge is 2.23. The fourth-order valence-electron chi connectivity index (χ4n) is 2.99. The summed E-state index contributed by atoms with van der Waals surface area (Å²) in [6, 6.07) is 12.0. The van der Waals surface area contributed by atoms with Gasteiger partial charge in [-0.2, -0.15) is 0 Å². The van der Waals surface area contributed by atoms with Crippen molar-refractivity contribution in [3.05, 3.63) is 70.6 Å². The number of imidazole rings is 1. The molecule has 1 aromatic carbocycles. The van der Waals surface area contributed by atoms with Crippen LogP contribution in [-0.2, 0) is 12.8 Å². The minimum Gasteiger partial charge on any atom is -0.347 e. The summed E-state index contributed by atoms with van der Waals surface area (Å²) in [5.41, 5.74) is 3.76. The number of carbonyl (C=O) groups is 1. The molecule has 2 heterocycles. The maximum atomic E-state index is 12.4. The third kappa shape index (κ3) is 2.35. The summed E-state index contributed by atoms with van der Waals surface area (Å²) in [6.45, 7) is 0. The quantitative estimate of drug-likeness (QED) is 0.791. The van der Waals surface area contributed by atoms with Gasteiger partial charge in [0.15, 0.2) is 0 Å². The zero-order valence-corrected chi connectivity index (χ0v) is 12.5. The van der Waals surface area contributed by atoms with Gasteiger partial charge in [0.05, 0.1) is 5.02 Å². The van der Waals surface area contributed by atoms with E-state index in [1.54, 1.807) is 28.9 Å². The first-order valence-electron chi connectivity index (χ1n) is 7.21. The maximum absolute atomic E-state index is 12.4. The van der Waals surface area contributed by atoms with Gasteiger partial charge in [-0.15, -0.1) is 0 Å². The van der Waals surface area contributed by atoms with Crippen molar-refractivity contribution in [3.8, 4) is 0 Å². The fraction of sp³-hybridized carbons (Fsp3) is 0.176. The topological polar surface area (TPSA) is 46.4 Å². The van der Waals surface area contributed by atoms with Crippen LogP contribution in [0.1, 0.15) is 21.6 Å². The molecule has 22 heavy (non-hydrogen) atoms. The monoisotopic (exact) mass is 311 g/mol. The molecule has 0 bridgehead atoms. The molecule has 0 unspecified atom stereocenters. The van der Waals surface area contributed by atoms with E-state index >= 15 is 0 Å². The Kier molecular flexibility index (Phi) is 3.12. The Hall–Kier alpha value is -2.33. The Labute approximate surface area is 132 Å². The molecule has 3 aromatic rings. The molecule has 1 amide bonds. The van der Waals surface area contributed by atoms with Crippen LogP contribution in [-0.4, -0.2) is 21.3 Å². The summed E-state index contributed by atoms with van der Waals surface area (Å²) in [6.07, 6.45) is 5.20. The van der Waals surface area contributed by atoms with Crippen molar-refractivity contribution < 1.29 is 4.79 Å². The molecule has 1 N–H and O–H groups in total. The van der Waals surface area contributed by atoms with Crippen LogP contribution in [0, 0.1) is 0 Å². The van der Waals surface area contributed by atoms with Crippen LogP contribution in [0.15, 0.2) is 48.8 Å². The Morgan fingerprint density at radius 3 is 2.59 bits per heavy atom. The van der Waals surface area contributed by atoms with Crippen molar-refractivity contribution in [1.29, 1.82) is 0 Å². The van der Waals surface area contributed by atoms with Crippen LogP contribution >= 0.6 is 11.6 Å². The molecule has 110 valence electrons. The zero-order valence-electron chi connectivity index (χ0n) is 11.8. The Morgan fingerprint density at radius 2 is 1.86 bits per heavy atom. The lowest BCUT2D eigenvalue weighted by Crippen LogP contribution is -2.35. The van der Waals surface area contributed by atoms with Crippen molar-refractivity contribution in [2.75, 3.05) is 0 Å². The Morgan fingerprint density at radius 1 is 1.14 bits per heavy atom. The smallest absolute Gasteiger partial charge is 0.271 e. The zero-order chi connectivity index (χ0) is 15.1. The number of pyridine rings is 1. The summed E-state index contributed by atoms with van der Waals surface area (Å²) in [5, 5.41) is 3.68. The Balaban J connectivity index is 1.52. The first-order chi connectivity index (χ1) is 10.7. The molecule has 4 rings (SSSR count). The van der Waals surface area contributed by atoms with Crippen molar-refractivity contribution in [2.45, 2.75) is 18.9 Å². The van der Waals surface area contributed by atoms with Gasteiger partial charge in [0.2, 0.25) is 0 Å². The lowest BCUT2D eigenvalue weighted by molar-refractivity contribution is 0.0934. The van der Waals surface area contributed by atoms with E-state index in [0.29, 0.717) is 16.4 Å². The van der Waals surface area contributed by atoms with Crippen LogP contribution < -0.4 is 5.32 Å². The molecule has 2 aromatic heterocycles. The van der Waals surface area contributed by atoms with Gasteiger partial charge >= 0.3 is 0 Å². The van der Waals surface area contributed by atoms with Crippen LogP contribution in [0.25, 0.3) is 5.65 Å². The first-order valence-corrected chi connectivity index (χ1v) is 7.59. The van der Waals surface area contributed by atoms with Crippen molar-refractivity contribution in [1.82, 2.24) is 14.7 Å². The van der Waals surface area contributed by atoms with E-state index in [1.165, 1.54) is 11.1 Å². The largest absolute Gasteiger partial charge is 0.347 e. The predicted molar refractivity (Wildman–Crippen MR) is 85.3 cm³/mol. The molecule has 1 aliphatic rings. The Bertz CT molecular complexity index is 846. The number of hydrogen-bond acceptors (Lipinski definition) is 2. The average Bonchev–Trinajstić information content (AvgIpc) is 3.09. The molecule has 1 aliphatic carbocycles. The van der Waals surface area contributed by atoms with Gasteiger partial charge in [0, 0.05) is 18.4 Å². The fourth-order valence-corrected chi connectivity index (χ4v) is 3.16. The van der Waals surface area contributed by atoms with Crippen molar-refractivity contribution in [2.24, 2.45) is 0 Å². The van der Waals surface area contributed by atoms with Gasteiger partial charge in [0.25, 0.3) is 5.91 Å². The van der Waals surface area contributed by atoms with Gasteiger partial charge in [-0.25, -0.2) is 4.98 Å². The highest BCUT2D eigenvalue weighted by molar-refractivity contribution is 6.30. The average molecular weight is 312 g/mol. The van der Waals surface area contributed by atoms with Crippen molar-refractivity contribution in [3.63, 3.8) is 0 Å². The molecule has 0 radical (unpaired) electrons. The summed E-state index contributed by atoms with van der Waals surface area (Å²) in [4.78, 5) is 16.7. The number of nitrogens with zero attached hydrogens (tertiary/aromatic N) is 2. The molecule has 0 atom stereocenters. The molecule has 4 nitrogen and oxygen atoms in total. The van der Waals surface area contributed by atoms with E-state index in [1.807, 2.05) is 12.1 Å². The molecule has 0 saturated carbocycles. The number of benzene rings is 1. The van der Waals surface area contributed by atoms with Crippen LogP contribution in [0.5, 0.6) is 0 Å². The van der Waals surface area contributed by atoms with E-state index in [9.17, 15) is 4.79 Å². The molecular formula is C17H14ClN3O. The summed E-state index contributed by atoms with van der Waals surface area (Å²) < 4.78 is 1.76. The van der Waals surface area contributed by atoms with E-state index in [-0.39, 0.29) is 11.9 Å². The number of fused-ring (bicyclic) bond motifs is 2. The second-order valence-corrected chi connectivity index (χ2v) is 6.02. The number of nitrogens with one attached hydrogen (secondary N) is 1. The van der Waals surface area contributed by atoms with E-state index in [0.717, 1.165) is 12.8 Å². The second kappa shape index (κ2) is 5.14. The minimum absolute atomic E-state index is 0.137. The lowest BCUT2D eigenvalue weighted by atomic mass is 10.1. The molecule has 0 saturated heterocycles. The number of rotatable bonds is 2. The van der Waals surface area contributed by atoms with Crippen molar-refractivity contribution >= 4 is 23.2 Å². The summed E-state index contributed by atoms with van der Waals surface area (Å²) >= 11 is 5.95. The van der Waals surface area contributed by atoms with Gasteiger partial charge in [-0.1, -0.05) is 35.9 Å². The van der Waals surface area contributed by atoms with Gasteiger partial charge < -0.3 is 9.72 Å². The third-order valence-electron chi connectivity index (χ3n) is 4.03. The van der Waals surface area contributed by atoms with Gasteiger partial charge in [-0.3, -0.25) is 4.79 Å². The first kappa shape index (κ1) is 13.3. The predicted octanol–water partition coefficient (Wildman–Crippen LogP) is 2.88. The summed E-state index contributed by atoms with van der Waals surface area (Å²) in [5.74, 6) is -0.141. The van der Waals surface area contributed by atoms with E-state index in [4.69, 9.17) is 11.6 Å². The number of aromatic nitrogens is 2. The number of hydrogen-bond donors (Lipinski definition) is 1. The van der Waals surface area contributed by atoms with Crippen LogP contribution in [0.3, 0.4) is 0 Å². The molecule has 0 spiro atoms. The van der Waals surface area contributed by atoms with Gasteiger partial charge in [-0.05, 0) is 36.1 Å². The second-order valence-electron chi connectivity index (χ2n) is 5.59. The normalized spacial score (nSPS) is 14.2. The number of carbonyl (C=O) groups excluding carboxylic acids is 1. The maximum Gasteiger partial charge on any atom is 0.271 e. The standard InChI is InChI=1S/C17H14ClN3O/c18-13-5-6-16-20-15(10-21(16)9-13)17(22)19-14-7-11-3-1-2-4-12(11)8-14/h1-6,9-10,14H,7-8H2,(H,19,22). The number of amides is 1. The minimum atomic E-state index is -0.141. The summed E-state index contributed by atoms with van der Waals surface area (Å²) in [7, 11) is 0. The highest BCUT2D eigenvalue weighted by atomic mass is 35.5. The lowest BCUT2D eigenvalue weighted by Gasteiger charge is -2.10. The molecule has 0 aliphatic heterocycles.